The molecule has 114 valence electrons. The van der Waals surface area contributed by atoms with E-state index < -0.39 is 0 Å². The van der Waals surface area contributed by atoms with Crippen LogP contribution >= 0.6 is 0 Å². The topological polar surface area (TPSA) is 55.7 Å². The summed E-state index contributed by atoms with van der Waals surface area (Å²) < 4.78 is 0. The highest BCUT2D eigenvalue weighted by Crippen LogP contribution is 2.21. The molecule has 0 aromatic heterocycles. The zero-order valence-corrected chi connectivity index (χ0v) is 12.5. The van der Waals surface area contributed by atoms with Crippen LogP contribution in [0.25, 0.3) is 0 Å². The summed E-state index contributed by atoms with van der Waals surface area (Å²) in [6.07, 6.45) is 6.64. The van der Waals surface area contributed by atoms with Crippen LogP contribution in [0.1, 0.15) is 45.4 Å². The number of rotatable bonds is 10. The Morgan fingerprint density at radius 3 is 2.58 bits per heavy atom. The lowest BCUT2D eigenvalue weighted by molar-refractivity contribution is 0.127. The van der Waals surface area contributed by atoms with Gasteiger partial charge in [-0.05, 0) is 51.1 Å². The van der Waals surface area contributed by atoms with Gasteiger partial charge < -0.3 is 20.4 Å². The molecular weight excluding hydrogens is 240 g/mol. The number of nitrogens with one attached hydrogen (secondary N) is 1. The monoisotopic (exact) mass is 272 g/mol. The number of hydrogen-bond acceptors (Lipinski definition) is 4. The molecule has 1 rings (SSSR count). The van der Waals surface area contributed by atoms with E-state index in [0.717, 1.165) is 32.4 Å². The summed E-state index contributed by atoms with van der Waals surface area (Å²) in [5.74, 6) is 0.712. The first-order valence-electron chi connectivity index (χ1n) is 7.97. The van der Waals surface area contributed by atoms with Crippen molar-refractivity contribution in [3.63, 3.8) is 0 Å². The number of likely N-dealkylation sites (tertiary alicyclic amines) is 1. The highest BCUT2D eigenvalue weighted by Gasteiger charge is 2.25. The zero-order chi connectivity index (χ0) is 13.9. The SMILES string of the molecule is CCCCN1CC(CCCO)CC(NCCCO)C1. The van der Waals surface area contributed by atoms with Gasteiger partial charge in [-0.2, -0.15) is 0 Å². The van der Waals surface area contributed by atoms with Crippen molar-refractivity contribution in [1.29, 1.82) is 0 Å². The largest absolute Gasteiger partial charge is 0.396 e. The number of unbranched alkanes of at least 4 members (excludes halogenated alkanes) is 1. The van der Waals surface area contributed by atoms with Gasteiger partial charge >= 0.3 is 0 Å². The molecule has 2 unspecified atom stereocenters. The molecule has 1 heterocycles. The Labute approximate surface area is 118 Å². The van der Waals surface area contributed by atoms with Gasteiger partial charge in [-0.3, -0.25) is 0 Å². The van der Waals surface area contributed by atoms with Crippen molar-refractivity contribution in [3.05, 3.63) is 0 Å². The van der Waals surface area contributed by atoms with Gasteiger partial charge in [-0.15, -0.1) is 0 Å². The molecule has 0 radical (unpaired) electrons. The molecule has 0 amide bonds. The molecule has 0 aromatic rings. The van der Waals surface area contributed by atoms with Gasteiger partial charge in [0, 0.05) is 32.3 Å². The molecule has 0 bridgehead atoms. The number of aliphatic hydroxyl groups is 2. The first kappa shape index (κ1) is 16.9. The third kappa shape index (κ3) is 7.25. The van der Waals surface area contributed by atoms with Crippen molar-refractivity contribution in [2.75, 3.05) is 39.4 Å². The van der Waals surface area contributed by atoms with Gasteiger partial charge in [0.1, 0.15) is 0 Å². The Kier molecular flexibility index (Phi) is 9.43. The highest BCUT2D eigenvalue weighted by molar-refractivity contribution is 4.83. The molecule has 1 saturated heterocycles. The van der Waals surface area contributed by atoms with Crippen molar-refractivity contribution in [2.24, 2.45) is 5.92 Å². The van der Waals surface area contributed by atoms with E-state index in [1.165, 1.54) is 32.4 Å². The molecule has 1 aliphatic heterocycles. The number of aliphatic hydroxyl groups excluding tert-OH is 2. The second kappa shape index (κ2) is 10.6. The summed E-state index contributed by atoms with van der Waals surface area (Å²) in [7, 11) is 0. The molecule has 3 N–H and O–H groups in total. The van der Waals surface area contributed by atoms with Gasteiger partial charge in [0.15, 0.2) is 0 Å². The second-order valence-electron chi connectivity index (χ2n) is 5.81. The van der Waals surface area contributed by atoms with Gasteiger partial charge in [0.05, 0.1) is 0 Å². The number of hydrogen-bond donors (Lipinski definition) is 3. The second-order valence-corrected chi connectivity index (χ2v) is 5.81. The third-order valence-electron chi connectivity index (χ3n) is 3.98. The maximum Gasteiger partial charge on any atom is 0.0443 e. The van der Waals surface area contributed by atoms with Gasteiger partial charge in [-0.25, -0.2) is 0 Å². The van der Waals surface area contributed by atoms with Gasteiger partial charge in [0.25, 0.3) is 0 Å². The molecule has 2 atom stereocenters. The van der Waals surface area contributed by atoms with Crippen LogP contribution in [0, 0.1) is 5.92 Å². The smallest absolute Gasteiger partial charge is 0.0443 e. The molecule has 0 spiro atoms. The molecule has 4 nitrogen and oxygen atoms in total. The van der Waals surface area contributed by atoms with E-state index in [9.17, 15) is 0 Å². The minimum absolute atomic E-state index is 0.271. The lowest BCUT2D eigenvalue weighted by atomic mass is 9.90. The standard InChI is InChI=1S/C15H32N2O2/c1-2-3-8-17-12-14(6-4-9-18)11-15(13-17)16-7-5-10-19/h14-16,18-19H,2-13H2,1H3. The summed E-state index contributed by atoms with van der Waals surface area (Å²) in [4.78, 5) is 2.58. The third-order valence-corrected chi connectivity index (χ3v) is 3.98. The van der Waals surface area contributed by atoms with E-state index in [1.54, 1.807) is 0 Å². The summed E-state index contributed by atoms with van der Waals surface area (Å²) >= 11 is 0. The van der Waals surface area contributed by atoms with Crippen LogP contribution in [0.3, 0.4) is 0 Å². The van der Waals surface area contributed by atoms with Crippen molar-refractivity contribution in [1.82, 2.24) is 10.2 Å². The molecule has 4 heteroatoms. The first-order chi connectivity index (χ1) is 9.30. The minimum atomic E-state index is 0.271. The van der Waals surface area contributed by atoms with E-state index in [0.29, 0.717) is 18.6 Å². The normalized spacial score (nSPS) is 24.8. The molecule has 1 fully saturated rings. The molecule has 0 aromatic carbocycles. The average Bonchev–Trinajstić information content (AvgIpc) is 2.43. The van der Waals surface area contributed by atoms with E-state index in [4.69, 9.17) is 10.2 Å². The Bertz CT molecular complexity index is 198. The lowest BCUT2D eigenvalue weighted by Crippen LogP contribution is -2.49. The predicted octanol–water partition coefficient (Wildman–Crippen LogP) is 1.22. The number of piperidine rings is 1. The Morgan fingerprint density at radius 1 is 1.11 bits per heavy atom. The molecule has 0 aliphatic carbocycles. The summed E-state index contributed by atoms with van der Waals surface area (Å²) in [6, 6.07) is 0.556. The van der Waals surface area contributed by atoms with Crippen LogP contribution in [0.2, 0.25) is 0 Å². The average molecular weight is 272 g/mol. The van der Waals surface area contributed by atoms with Crippen LogP contribution in [0.4, 0.5) is 0 Å². The van der Waals surface area contributed by atoms with Crippen molar-refractivity contribution >= 4 is 0 Å². The van der Waals surface area contributed by atoms with Crippen molar-refractivity contribution in [3.8, 4) is 0 Å². The lowest BCUT2D eigenvalue weighted by Gasteiger charge is -2.38. The zero-order valence-electron chi connectivity index (χ0n) is 12.5. The summed E-state index contributed by atoms with van der Waals surface area (Å²) in [6.45, 7) is 7.27. The van der Waals surface area contributed by atoms with Gasteiger partial charge in [-0.1, -0.05) is 13.3 Å². The van der Waals surface area contributed by atoms with Crippen LogP contribution in [-0.2, 0) is 0 Å². The van der Waals surface area contributed by atoms with Crippen LogP contribution < -0.4 is 5.32 Å². The van der Waals surface area contributed by atoms with Crippen molar-refractivity contribution < 1.29 is 10.2 Å². The maximum atomic E-state index is 8.99. The van der Waals surface area contributed by atoms with Crippen LogP contribution in [-0.4, -0.2) is 60.5 Å². The predicted molar refractivity (Wildman–Crippen MR) is 79.3 cm³/mol. The minimum Gasteiger partial charge on any atom is -0.396 e. The quantitative estimate of drug-likeness (QED) is 0.524. The fraction of sp³-hybridized carbons (Fsp3) is 1.00. The van der Waals surface area contributed by atoms with E-state index >= 15 is 0 Å². The van der Waals surface area contributed by atoms with Gasteiger partial charge in [0.2, 0.25) is 0 Å². The Balaban J connectivity index is 2.36. The molecular formula is C15H32N2O2. The molecule has 0 saturated carbocycles. The maximum absolute atomic E-state index is 8.99. The van der Waals surface area contributed by atoms with E-state index in [-0.39, 0.29) is 6.61 Å². The first-order valence-corrected chi connectivity index (χ1v) is 7.97. The molecule has 1 aliphatic rings. The Morgan fingerprint density at radius 2 is 1.89 bits per heavy atom. The highest BCUT2D eigenvalue weighted by atomic mass is 16.3. The van der Waals surface area contributed by atoms with Crippen LogP contribution in [0.15, 0.2) is 0 Å². The summed E-state index contributed by atoms with van der Waals surface area (Å²) in [5.41, 5.74) is 0. The van der Waals surface area contributed by atoms with Crippen molar-refractivity contribution in [2.45, 2.75) is 51.5 Å². The fourth-order valence-corrected chi connectivity index (χ4v) is 2.99. The fourth-order valence-electron chi connectivity index (χ4n) is 2.99. The van der Waals surface area contributed by atoms with Crippen LogP contribution in [0.5, 0.6) is 0 Å². The van der Waals surface area contributed by atoms with E-state index in [2.05, 4.69) is 17.1 Å². The summed E-state index contributed by atoms with van der Waals surface area (Å²) in [5, 5.41) is 21.4. The Hall–Kier alpha value is -0.160. The number of nitrogens with zero attached hydrogens (tertiary/aromatic N) is 1. The molecule has 19 heavy (non-hydrogen) atoms. The van der Waals surface area contributed by atoms with E-state index in [1.807, 2.05) is 0 Å².